The van der Waals surface area contributed by atoms with Crippen LogP contribution in [0.5, 0.6) is 0 Å². The zero-order valence-corrected chi connectivity index (χ0v) is 9.97. The topological polar surface area (TPSA) is 40.5 Å². The van der Waals surface area contributed by atoms with Gasteiger partial charge in [-0.2, -0.15) is 0 Å². The molecular formula is C10H20Cl2O2. The molecule has 2 unspecified atom stereocenters. The van der Waals surface area contributed by atoms with Crippen molar-refractivity contribution in [3.8, 4) is 0 Å². The summed E-state index contributed by atoms with van der Waals surface area (Å²) in [7, 11) is 0. The predicted octanol–water partition coefficient (Wildman–Crippen LogP) is 2.53. The molecular weight excluding hydrogens is 223 g/mol. The molecule has 0 aliphatic heterocycles. The Labute approximate surface area is 96.2 Å². The minimum atomic E-state index is -0.356. The van der Waals surface area contributed by atoms with E-state index in [-0.39, 0.29) is 12.2 Å². The predicted molar refractivity (Wildman–Crippen MR) is 61.2 cm³/mol. The van der Waals surface area contributed by atoms with Crippen LogP contribution in [0.2, 0.25) is 0 Å². The minimum Gasteiger partial charge on any atom is -0.392 e. The first-order valence-corrected chi connectivity index (χ1v) is 6.25. The summed E-state index contributed by atoms with van der Waals surface area (Å²) < 4.78 is 0. The molecule has 0 aliphatic rings. The lowest BCUT2D eigenvalue weighted by atomic mass is 10.1. The van der Waals surface area contributed by atoms with E-state index < -0.39 is 0 Å². The standard InChI is InChI=1S/C10H20Cl2O2/c11-7-9(13)5-3-1-2-4-6-10(14)8-12/h9-10,13-14H,1-8H2. The van der Waals surface area contributed by atoms with Crippen LogP contribution in [0.1, 0.15) is 38.5 Å². The highest BCUT2D eigenvalue weighted by molar-refractivity contribution is 6.18. The van der Waals surface area contributed by atoms with Gasteiger partial charge in [-0.3, -0.25) is 0 Å². The summed E-state index contributed by atoms with van der Waals surface area (Å²) in [6.45, 7) is 0. The van der Waals surface area contributed by atoms with Crippen LogP contribution >= 0.6 is 23.2 Å². The van der Waals surface area contributed by atoms with Crippen molar-refractivity contribution in [3.63, 3.8) is 0 Å². The second-order valence-corrected chi connectivity index (χ2v) is 4.23. The van der Waals surface area contributed by atoms with Crippen LogP contribution in [-0.2, 0) is 0 Å². The maximum Gasteiger partial charge on any atom is 0.0675 e. The fourth-order valence-electron chi connectivity index (χ4n) is 1.27. The largest absolute Gasteiger partial charge is 0.392 e. The van der Waals surface area contributed by atoms with Gasteiger partial charge in [0.1, 0.15) is 0 Å². The van der Waals surface area contributed by atoms with Gasteiger partial charge in [0.05, 0.1) is 12.2 Å². The number of hydrogen-bond acceptors (Lipinski definition) is 2. The summed E-state index contributed by atoms with van der Waals surface area (Å²) >= 11 is 10.9. The molecule has 0 aliphatic carbocycles. The van der Waals surface area contributed by atoms with Gasteiger partial charge in [-0.25, -0.2) is 0 Å². The maximum atomic E-state index is 9.15. The van der Waals surface area contributed by atoms with E-state index in [2.05, 4.69) is 0 Å². The lowest BCUT2D eigenvalue weighted by Crippen LogP contribution is -2.08. The quantitative estimate of drug-likeness (QED) is 0.482. The zero-order chi connectivity index (χ0) is 10.8. The van der Waals surface area contributed by atoms with Gasteiger partial charge in [0.25, 0.3) is 0 Å². The number of halogens is 2. The molecule has 0 aromatic heterocycles. The SMILES string of the molecule is OC(CCl)CCCCCCC(O)CCl. The van der Waals surface area contributed by atoms with Crippen LogP contribution in [0, 0.1) is 0 Å². The molecule has 2 nitrogen and oxygen atoms in total. The van der Waals surface area contributed by atoms with Gasteiger partial charge in [0, 0.05) is 11.8 Å². The van der Waals surface area contributed by atoms with Crippen LogP contribution in [0.25, 0.3) is 0 Å². The van der Waals surface area contributed by atoms with E-state index in [1.807, 2.05) is 0 Å². The Morgan fingerprint density at radius 3 is 1.36 bits per heavy atom. The number of alkyl halides is 2. The highest BCUT2D eigenvalue weighted by Gasteiger charge is 2.02. The second-order valence-electron chi connectivity index (χ2n) is 3.61. The molecule has 2 atom stereocenters. The van der Waals surface area contributed by atoms with Crippen molar-refractivity contribution in [2.75, 3.05) is 11.8 Å². The molecule has 0 saturated heterocycles. The number of unbranched alkanes of at least 4 members (excludes halogenated alkanes) is 3. The first-order chi connectivity index (χ1) is 6.70. The third-order valence-corrected chi connectivity index (χ3v) is 2.89. The Kier molecular flexibility index (Phi) is 10.4. The summed E-state index contributed by atoms with van der Waals surface area (Å²) in [6, 6.07) is 0. The summed E-state index contributed by atoms with van der Waals surface area (Å²) in [4.78, 5) is 0. The molecule has 14 heavy (non-hydrogen) atoms. The summed E-state index contributed by atoms with van der Waals surface area (Å²) in [5, 5.41) is 18.3. The number of hydrogen-bond donors (Lipinski definition) is 2. The van der Waals surface area contributed by atoms with Gasteiger partial charge in [0.2, 0.25) is 0 Å². The molecule has 0 rings (SSSR count). The van der Waals surface area contributed by atoms with E-state index >= 15 is 0 Å². The second kappa shape index (κ2) is 10.0. The van der Waals surface area contributed by atoms with Crippen molar-refractivity contribution in [2.45, 2.75) is 50.7 Å². The molecule has 0 saturated carbocycles. The maximum absolute atomic E-state index is 9.15. The van der Waals surface area contributed by atoms with E-state index in [0.29, 0.717) is 11.8 Å². The van der Waals surface area contributed by atoms with Gasteiger partial charge >= 0.3 is 0 Å². The molecule has 0 spiro atoms. The van der Waals surface area contributed by atoms with Gasteiger partial charge in [-0.15, -0.1) is 23.2 Å². The third kappa shape index (κ3) is 9.07. The summed E-state index contributed by atoms with van der Waals surface area (Å²) in [5.41, 5.74) is 0. The molecule has 0 bridgehead atoms. The molecule has 0 fully saturated rings. The molecule has 86 valence electrons. The zero-order valence-electron chi connectivity index (χ0n) is 8.46. The number of rotatable bonds is 9. The lowest BCUT2D eigenvalue weighted by molar-refractivity contribution is 0.177. The van der Waals surface area contributed by atoms with Gasteiger partial charge < -0.3 is 10.2 Å². The van der Waals surface area contributed by atoms with Crippen LogP contribution in [0.3, 0.4) is 0 Å². The van der Waals surface area contributed by atoms with Gasteiger partial charge in [-0.05, 0) is 12.8 Å². The third-order valence-electron chi connectivity index (χ3n) is 2.18. The van der Waals surface area contributed by atoms with Crippen molar-refractivity contribution in [1.82, 2.24) is 0 Å². The van der Waals surface area contributed by atoms with Crippen LogP contribution in [0.15, 0.2) is 0 Å². The van der Waals surface area contributed by atoms with Gasteiger partial charge in [0.15, 0.2) is 0 Å². The highest BCUT2D eigenvalue weighted by atomic mass is 35.5. The first kappa shape index (κ1) is 14.5. The Bertz CT molecular complexity index is 109. The van der Waals surface area contributed by atoms with E-state index in [1.165, 1.54) is 0 Å². The number of aliphatic hydroxyl groups is 2. The van der Waals surface area contributed by atoms with Crippen molar-refractivity contribution >= 4 is 23.2 Å². The van der Waals surface area contributed by atoms with E-state index in [4.69, 9.17) is 33.4 Å². The Hall–Kier alpha value is 0.500. The highest BCUT2D eigenvalue weighted by Crippen LogP contribution is 2.10. The van der Waals surface area contributed by atoms with Crippen LogP contribution < -0.4 is 0 Å². The van der Waals surface area contributed by atoms with E-state index in [9.17, 15) is 0 Å². The van der Waals surface area contributed by atoms with Crippen molar-refractivity contribution in [3.05, 3.63) is 0 Å². The molecule has 0 aromatic rings. The summed E-state index contributed by atoms with van der Waals surface area (Å²) in [6.07, 6.45) is 5.03. The monoisotopic (exact) mass is 242 g/mol. The fourth-order valence-corrected chi connectivity index (χ4v) is 1.58. The first-order valence-electron chi connectivity index (χ1n) is 5.18. The lowest BCUT2D eigenvalue weighted by Gasteiger charge is -2.07. The van der Waals surface area contributed by atoms with Crippen molar-refractivity contribution < 1.29 is 10.2 Å². The summed E-state index contributed by atoms with van der Waals surface area (Å²) in [5.74, 6) is 0.649. The van der Waals surface area contributed by atoms with Crippen LogP contribution in [-0.4, -0.2) is 34.2 Å². The Morgan fingerprint density at radius 2 is 1.07 bits per heavy atom. The fraction of sp³-hybridized carbons (Fsp3) is 1.00. The minimum absolute atomic E-state index is 0.324. The molecule has 0 amide bonds. The molecule has 0 radical (unpaired) electrons. The number of aliphatic hydroxyl groups excluding tert-OH is 2. The van der Waals surface area contributed by atoms with Gasteiger partial charge in [-0.1, -0.05) is 25.7 Å². The van der Waals surface area contributed by atoms with E-state index in [1.54, 1.807) is 0 Å². The smallest absolute Gasteiger partial charge is 0.0675 e. The average Bonchev–Trinajstić information content (AvgIpc) is 2.22. The average molecular weight is 243 g/mol. The van der Waals surface area contributed by atoms with Crippen LogP contribution in [0.4, 0.5) is 0 Å². The molecule has 2 N–H and O–H groups in total. The molecule has 0 aromatic carbocycles. The Balaban J connectivity index is 3.06. The van der Waals surface area contributed by atoms with Crippen molar-refractivity contribution in [2.24, 2.45) is 0 Å². The Morgan fingerprint density at radius 1 is 0.714 bits per heavy atom. The molecule has 0 heterocycles. The van der Waals surface area contributed by atoms with E-state index in [0.717, 1.165) is 38.5 Å². The van der Waals surface area contributed by atoms with Crippen molar-refractivity contribution in [1.29, 1.82) is 0 Å². The normalized spacial score (nSPS) is 15.4. The molecule has 4 heteroatoms.